The first-order valence-electron chi connectivity index (χ1n) is 12.9. The van der Waals surface area contributed by atoms with Gasteiger partial charge in [0.2, 0.25) is 0 Å². The molecule has 2 aliphatic rings. The third-order valence-electron chi connectivity index (χ3n) is 7.94. The van der Waals surface area contributed by atoms with E-state index < -0.39 is 22.9 Å². The van der Waals surface area contributed by atoms with Crippen molar-refractivity contribution in [1.82, 2.24) is 0 Å². The second-order valence-corrected chi connectivity index (χ2v) is 10.4. The first-order chi connectivity index (χ1) is 18.8. The Kier molecular flexibility index (Phi) is 5.86. The molecule has 0 fully saturated rings. The summed E-state index contributed by atoms with van der Waals surface area (Å²) in [5.74, 6) is 0.593. The zero-order valence-corrected chi connectivity index (χ0v) is 21.2. The number of hydrogen-bond acceptors (Lipinski definition) is 5. The number of aliphatic hydroxyl groups is 1. The predicted octanol–water partition coefficient (Wildman–Crippen LogP) is 4.91. The molecule has 0 spiro atoms. The molecule has 1 unspecified atom stereocenters. The molecule has 6 rings (SSSR count). The Labute approximate surface area is 226 Å². The third-order valence-corrected chi connectivity index (χ3v) is 7.94. The van der Waals surface area contributed by atoms with Gasteiger partial charge in [0.1, 0.15) is 17.1 Å². The minimum absolute atomic E-state index is 0.116. The maximum atomic E-state index is 13.9. The molecule has 2 aliphatic carbocycles. The number of benzene rings is 4. The summed E-state index contributed by atoms with van der Waals surface area (Å²) in [7, 11) is 0. The molecule has 0 amide bonds. The number of carbonyl (C=O) groups is 2. The van der Waals surface area contributed by atoms with Crippen molar-refractivity contribution in [3.63, 3.8) is 0 Å². The number of ketones is 2. The number of terminal acetylenes is 1. The Morgan fingerprint density at radius 2 is 1.21 bits per heavy atom. The van der Waals surface area contributed by atoms with E-state index in [9.17, 15) is 24.9 Å². The summed E-state index contributed by atoms with van der Waals surface area (Å²) in [5, 5.41) is 33.1. The molecule has 0 heterocycles. The monoisotopic (exact) mass is 514 g/mol. The lowest BCUT2D eigenvalue weighted by Crippen LogP contribution is -2.35. The SMILES string of the molecule is C#CC1(O)CCc2c(O)c3c(c(O)c2C1)C(=O)c1cc(Cc2ccccc2)c(Cc2ccccc2)cc1C3=O. The Bertz CT molecular complexity index is 1700. The molecule has 0 radical (unpaired) electrons. The molecular formula is C34H26O5. The molecule has 5 nitrogen and oxygen atoms in total. The van der Waals surface area contributed by atoms with E-state index in [0.29, 0.717) is 18.4 Å². The lowest BCUT2D eigenvalue weighted by Gasteiger charge is -2.32. The van der Waals surface area contributed by atoms with Gasteiger partial charge in [-0.2, -0.15) is 0 Å². The van der Waals surface area contributed by atoms with E-state index in [1.165, 1.54) is 0 Å². The van der Waals surface area contributed by atoms with Crippen LogP contribution in [0.2, 0.25) is 0 Å². The Morgan fingerprint density at radius 1 is 0.744 bits per heavy atom. The Balaban J connectivity index is 1.52. The summed E-state index contributed by atoms with van der Waals surface area (Å²) < 4.78 is 0. The predicted molar refractivity (Wildman–Crippen MR) is 147 cm³/mol. The molecule has 0 aliphatic heterocycles. The van der Waals surface area contributed by atoms with Gasteiger partial charge >= 0.3 is 0 Å². The van der Waals surface area contributed by atoms with Crippen LogP contribution in [0.15, 0.2) is 72.8 Å². The van der Waals surface area contributed by atoms with E-state index >= 15 is 0 Å². The van der Waals surface area contributed by atoms with Crippen LogP contribution in [0.1, 0.15) is 71.6 Å². The van der Waals surface area contributed by atoms with Crippen LogP contribution in [0.4, 0.5) is 0 Å². The van der Waals surface area contributed by atoms with E-state index in [4.69, 9.17) is 6.42 Å². The van der Waals surface area contributed by atoms with Crippen molar-refractivity contribution in [1.29, 1.82) is 0 Å². The van der Waals surface area contributed by atoms with Crippen LogP contribution < -0.4 is 0 Å². The molecule has 0 saturated carbocycles. The van der Waals surface area contributed by atoms with Gasteiger partial charge < -0.3 is 15.3 Å². The summed E-state index contributed by atoms with van der Waals surface area (Å²) in [5.41, 5.74) is 2.98. The molecule has 0 bridgehead atoms. The number of fused-ring (bicyclic) bond motifs is 3. The van der Waals surface area contributed by atoms with Gasteiger partial charge in [0.05, 0.1) is 11.1 Å². The van der Waals surface area contributed by atoms with Crippen LogP contribution in [0.3, 0.4) is 0 Å². The van der Waals surface area contributed by atoms with Gasteiger partial charge in [-0.25, -0.2) is 0 Å². The van der Waals surface area contributed by atoms with Gasteiger partial charge in [-0.15, -0.1) is 6.42 Å². The van der Waals surface area contributed by atoms with Crippen LogP contribution in [0.25, 0.3) is 0 Å². The highest BCUT2D eigenvalue weighted by Crippen LogP contribution is 2.47. The highest BCUT2D eigenvalue weighted by atomic mass is 16.3. The smallest absolute Gasteiger partial charge is 0.198 e. The first-order valence-corrected chi connectivity index (χ1v) is 12.9. The highest BCUT2D eigenvalue weighted by molar-refractivity contribution is 6.30. The molecule has 39 heavy (non-hydrogen) atoms. The van der Waals surface area contributed by atoms with Crippen molar-refractivity contribution in [3.05, 3.63) is 128 Å². The largest absolute Gasteiger partial charge is 0.507 e. The number of hydrogen-bond donors (Lipinski definition) is 3. The van der Waals surface area contributed by atoms with Crippen LogP contribution in [-0.4, -0.2) is 32.5 Å². The van der Waals surface area contributed by atoms with Crippen LogP contribution in [0.5, 0.6) is 11.5 Å². The maximum Gasteiger partial charge on any atom is 0.198 e. The van der Waals surface area contributed by atoms with Crippen molar-refractivity contribution in [2.45, 2.75) is 37.7 Å². The third kappa shape index (κ3) is 4.10. The quantitative estimate of drug-likeness (QED) is 0.234. The number of aromatic hydroxyl groups is 2. The van der Waals surface area contributed by atoms with Gasteiger partial charge in [0.15, 0.2) is 11.6 Å². The lowest BCUT2D eigenvalue weighted by molar-refractivity contribution is 0.0845. The van der Waals surface area contributed by atoms with E-state index in [1.54, 1.807) is 12.1 Å². The lowest BCUT2D eigenvalue weighted by atomic mass is 9.74. The van der Waals surface area contributed by atoms with E-state index in [0.717, 1.165) is 22.3 Å². The number of rotatable bonds is 4. The van der Waals surface area contributed by atoms with Gasteiger partial charge in [0.25, 0.3) is 0 Å². The van der Waals surface area contributed by atoms with E-state index in [2.05, 4.69) is 5.92 Å². The van der Waals surface area contributed by atoms with Crippen molar-refractivity contribution < 1.29 is 24.9 Å². The number of carbonyl (C=O) groups excluding carboxylic acids is 2. The zero-order valence-electron chi connectivity index (χ0n) is 21.2. The molecular weight excluding hydrogens is 488 g/mol. The second kappa shape index (κ2) is 9.27. The van der Waals surface area contributed by atoms with Gasteiger partial charge in [-0.1, -0.05) is 66.6 Å². The van der Waals surface area contributed by atoms with Crippen LogP contribution >= 0.6 is 0 Å². The second-order valence-electron chi connectivity index (χ2n) is 10.4. The number of phenols is 2. The topological polar surface area (TPSA) is 94.8 Å². The minimum Gasteiger partial charge on any atom is -0.507 e. The average Bonchev–Trinajstić information content (AvgIpc) is 2.95. The summed E-state index contributed by atoms with van der Waals surface area (Å²) in [6.45, 7) is 0. The maximum absolute atomic E-state index is 13.9. The summed E-state index contributed by atoms with van der Waals surface area (Å²) >= 11 is 0. The van der Waals surface area contributed by atoms with E-state index in [-0.39, 0.29) is 52.8 Å². The molecule has 5 heteroatoms. The van der Waals surface area contributed by atoms with Crippen molar-refractivity contribution in [2.75, 3.05) is 0 Å². The highest BCUT2D eigenvalue weighted by Gasteiger charge is 2.41. The molecule has 0 saturated heterocycles. The minimum atomic E-state index is -1.50. The first kappa shape index (κ1) is 24.7. The fourth-order valence-corrected chi connectivity index (χ4v) is 5.86. The summed E-state index contributed by atoms with van der Waals surface area (Å²) in [4.78, 5) is 27.8. The summed E-state index contributed by atoms with van der Waals surface area (Å²) in [6, 6.07) is 23.3. The molecule has 4 aromatic rings. The number of phenolic OH excluding ortho intramolecular Hbond substituents is 2. The van der Waals surface area contributed by atoms with Gasteiger partial charge in [-0.3, -0.25) is 9.59 Å². The molecule has 4 aromatic carbocycles. The average molecular weight is 515 g/mol. The van der Waals surface area contributed by atoms with Gasteiger partial charge in [0, 0.05) is 28.7 Å². The Hall–Kier alpha value is -4.66. The van der Waals surface area contributed by atoms with Crippen molar-refractivity contribution >= 4 is 11.6 Å². The summed E-state index contributed by atoms with van der Waals surface area (Å²) in [6.07, 6.45) is 6.87. The normalized spacial score (nSPS) is 17.6. The molecule has 1 atom stereocenters. The van der Waals surface area contributed by atoms with Crippen LogP contribution in [0, 0.1) is 12.3 Å². The van der Waals surface area contributed by atoms with Crippen LogP contribution in [-0.2, 0) is 25.7 Å². The van der Waals surface area contributed by atoms with Crippen molar-refractivity contribution in [2.24, 2.45) is 0 Å². The molecule has 3 N–H and O–H groups in total. The van der Waals surface area contributed by atoms with Crippen molar-refractivity contribution in [3.8, 4) is 23.8 Å². The standard InChI is InChI=1S/C34H26O5/c1-2-34(39)14-13-24-27(19-34)33(38)29-28(30(24)35)31(36)25-17-22(15-20-9-5-3-6-10-20)23(18-26(25)32(29)37)16-21-11-7-4-8-12-21/h1,3-12,17-18,35,38-39H,13-16,19H2. The molecule has 0 aromatic heterocycles. The fourth-order valence-electron chi connectivity index (χ4n) is 5.86. The Morgan fingerprint density at radius 3 is 1.67 bits per heavy atom. The molecule has 192 valence electrons. The fraction of sp³-hybridized carbons (Fsp3) is 0.176. The van der Waals surface area contributed by atoms with Gasteiger partial charge in [-0.05, 0) is 60.1 Å². The van der Waals surface area contributed by atoms with E-state index in [1.807, 2.05) is 60.7 Å². The zero-order chi connectivity index (χ0) is 27.3.